The van der Waals surface area contributed by atoms with Gasteiger partial charge in [0.25, 0.3) is 5.56 Å². The van der Waals surface area contributed by atoms with Crippen LogP contribution in [0.4, 0.5) is 5.82 Å². The van der Waals surface area contributed by atoms with Gasteiger partial charge in [-0.1, -0.05) is 41.9 Å². The number of benzene rings is 1. The van der Waals surface area contributed by atoms with Gasteiger partial charge in [-0.15, -0.1) is 0 Å². The average Bonchev–Trinajstić information content (AvgIpc) is 2.49. The zero-order chi connectivity index (χ0) is 16.3. The zero-order valence-corrected chi connectivity index (χ0v) is 13.0. The lowest BCUT2D eigenvalue weighted by molar-refractivity contribution is -0.137. The van der Waals surface area contributed by atoms with Gasteiger partial charge in [0.15, 0.2) is 11.0 Å². The third kappa shape index (κ3) is 3.46. The van der Waals surface area contributed by atoms with Crippen molar-refractivity contribution in [3.8, 4) is 0 Å². The molecule has 0 spiro atoms. The van der Waals surface area contributed by atoms with Gasteiger partial charge in [0.2, 0.25) is 0 Å². The van der Waals surface area contributed by atoms with Crippen LogP contribution in [-0.2, 0) is 11.3 Å². The molecule has 0 saturated heterocycles. The number of halogens is 1. The minimum atomic E-state index is -1.12. The Hall–Kier alpha value is -2.34. The molecule has 1 heterocycles. The molecule has 2 N–H and O–H groups in total. The molecule has 1 aromatic carbocycles. The first-order valence-electron chi connectivity index (χ1n) is 6.70. The first-order valence-corrected chi connectivity index (χ1v) is 7.08. The van der Waals surface area contributed by atoms with Crippen molar-refractivity contribution in [1.29, 1.82) is 0 Å². The van der Waals surface area contributed by atoms with Gasteiger partial charge >= 0.3 is 5.97 Å². The first-order chi connectivity index (χ1) is 10.4. The van der Waals surface area contributed by atoms with Gasteiger partial charge in [-0.05, 0) is 19.4 Å². The number of hydrogen-bond acceptors (Lipinski definition) is 4. The Labute approximate surface area is 132 Å². The second-order valence-electron chi connectivity index (χ2n) is 4.90. The van der Waals surface area contributed by atoms with E-state index in [1.165, 1.54) is 0 Å². The topological polar surface area (TPSA) is 84.2 Å². The highest BCUT2D eigenvalue weighted by Crippen LogP contribution is 2.18. The molecule has 0 aliphatic rings. The fourth-order valence-electron chi connectivity index (χ4n) is 2.07. The monoisotopic (exact) mass is 321 g/mol. The SMILES string of the molecule is Cc1c(Cl)nc(NC(C)c2ccccc2)c(=O)n1CC(=O)O. The minimum absolute atomic E-state index is 0.0354. The summed E-state index contributed by atoms with van der Waals surface area (Å²) in [5.74, 6) is -1.08. The molecule has 1 unspecified atom stereocenters. The summed E-state index contributed by atoms with van der Waals surface area (Å²) in [6.45, 7) is 2.98. The summed E-state index contributed by atoms with van der Waals surface area (Å²) in [6.07, 6.45) is 0. The van der Waals surface area contributed by atoms with Crippen molar-refractivity contribution >= 4 is 23.4 Å². The van der Waals surface area contributed by atoms with Gasteiger partial charge in [0.1, 0.15) is 6.54 Å². The fourth-order valence-corrected chi connectivity index (χ4v) is 2.25. The number of nitrogens with one attached hydrogen (secondary N) is 1. The van der Waals surface area contributed by atoms with Crippen LogP contribution in [0.1, 0.15) is 24.2 Å². The smallest absolute Gasteiger partial charge is 0.323 e. The number of carboxylic acids is 1. The maximum Gasteiger partial charge on any atom is 0.323 e. The number of aliphatic carboxylic acids is 1. The molecule has 22 heavy (non-hydrogen) atoms. The Kier molecular flexibility index (Phi) is 4.82. The Morgan fingerprint density at radius 2 is 2.05 bits per heavy atom. The van der Waals surface area contributed by atoms with Crippen LogP contribution in [0.5, 0.6) is 0 Å². The summed E-state index contributed by atoms with van der Waals surface area (Å²) in [7, 11) is 0. The summed E-state index contributed by atoms with van der Waals surface area (Å²) < 4.78 is 1.09. The summed E-state index contributed by atoms with van der Waals surface area (Å²) in [5, 5.41) is 12.0. The molecule has 0 aliphatic carbocycles. The van der Waals surface area contributed by atoms with E-state index in [9.17, 15) is 9.59 Å². The van der Waals surface area contributed by atoms with Crippen molar-refractivity contribution in [3.63, 3.8) is 0 Å². The molecule has 6 nitrogen and oxygen atoms in total. The number of rotatable bonds is 5. The summed E-state index contributed by atoms with van der Waals surface area (Å²) in [4.78, 5) is 27.3. The summed E-state index contributed by atoms with van der Waals surface area (Å²) in [5.41, 5.74) is 0.796. The van der Waals surface area contributed by atoms with E-state index in [2.05, 4.69) is 10.3 Å². The molecule has 2 aromatic rings. The van der Waals surface area contributed by atoms with Crippen molar-refractivity contribution < 1.29 is 9.90 Å². The van der Waals surface area contributed by atoms with Crippen LogP contribution in [-0.4, -0.2) is 20.6 Å². The van der Waals surface area contributed by atoms with Gasteiger partial charge in [0.05, 0.1) is 11.7 Å². The fraction of sp³-hybridized carbons (Fsp3) is 0.267. The van der Waals surface area contributed by atoms with Gasteiger partial charge in [-0.2, -0.15) is 0 Å². The molecular weight excluding hydrogens is 306 g/mol. The quantitative estimate of drug-likeness (QED) is 0.883. The molecule has 0 saturated carbocycles. The van der Waals surface area contributed by atoms with Gasteiger partial charge in [-0.3, -0.25) is 14.2 Å². The highest BCUT2D eigenvalue weighted by Gasteiger charge is 2.16. The Morgan fingerprint density at radius 1 is 1.41 bits per heavy atom. The van der Waals surface area contributed by atoms with E-state index in [-0.39, 0.29) is 17.0 Å². The Morgan fingerprint density at radius 3 is 2.64 bits per heavy atom. The molecule has 2 rings (SSSR count). The second-order valence-corrected chi connectivity index (χ2v) is 5.26. The second kappa shape index (κ2) is 6.62. The van der Waals surface area contributed by atoms with E-state index >= 15 is 0 Å². The van der Waals surface area contributed by atoms with E-state index in [0.29, 0.717) is 5.69 Å². The lowest BCUT2D eigenvalue weighted by Gasteiger charge is -2.17. The largest absolute Gasteiger partial charge is 0.480 e. The summed E-state index contributed by atoms with van der Waals surface area (Å²) >= 11 is 6.00. The van der Waals surface area contributed by atoms with Gasteiger partial charge in [-0.25, -0.2) is 4.98 Å². The normalized spacial score (nSPS) is 12.0. The Bertz CT molecular complexity index is 744. The molecule has 1 aromatic heterocycles. The van der Waals surface area contributed by atoms with E-state index in [4.69, 9.17) is 16.7 Å². The number of hydrogen-bond donors (Lipinski definition) is 2. The number of nitrogens with zero attached hydrogens (tertiary/aromatic N) is 2. The molecule has 0 bridgehead atoms. The molecule has 0 aliphatic heterocycles. The minimum Gasteiger partial charge on any atom is -0.480 e. The van der Waals surface area contributed by atoms with Crippen LogP contribution >= 0.6 is 11.6 Å². The van der Waals surface area contributed by atoms with Crippen molar-refractivity contribution in [3.05, 3.63) is 57.1 Å². The Balaban J connectivity index is 2.38. The summed E-state index contributed by atoms with van der Waals surface area (Å²) in [6, 6.07) is 9.36. The molecule has 1 atom stereocenters. The molecule has 0 fully saturated rings. The van der Waals surface area contributed by atoms with Crippen LogP contribution in [0.25, 0.3) is 0 Å². The van der Waals surface area contributed by atoms with E-state index in [1.807, 2.05) is 37.3 Å². The zero-order valence-electron chi connectivity index (χ0n) is 12.2. The molecule has 7 heteroatoms. The van der Waals surface area contributed by atoms with Crippen LogP contribution in [0.15, 0.2) is 35.1 Å². The lowest BCUT2D eigenvalue weighted by atomic mass is 10.1. The van der Waals surface area contributed by atoms with Crippen molar-refractivity contribution in [1.82, 2.24) is 9.55 Å². The third-order valence-electron chi connectivity index (χ3n) is 3.31. The number of carbonyl (C=O) groups is 1. The van der Waals surface area contributed by atoms with Crippen LogP contribution in [0, 0.1) is 6.92 Å². The maximum absolute atomic E-state index is 12.4. The van der Waals surface area contributed by atoms with E-state index < -0.39 is 18.1 Å². The van der Waals surface area contributed by atoms with Crippen molar-refractivity contribution in [2.45, 2.75) is 26.4 Å². The number of aromatic nitrogens is 2. The number of anilines is 1. The predicted octanol–water partition coefficient (Wildman–Crippen LogP) is 2.46. The van der Waals surface area contributed by atoms with Crippen molar-refractivity contribution in [2.75, 3.05) is 5.32 Å². The van der Waals surface area contributed by atoms with E-state index in [1.54, 1.807) is 6.92 Å². The third-order valence-corrected chi connectivity index (χ3v) is 3.67. The van der Waals surface area contributed by atoms with Gasteiger partial charge < -0.3 is 10.4 Å². The van der Waals surface area contributed by atoms with Gasteiger partial charge in [0, 0.05) is 0 Å². The lowest BCUT2D eigenvalue weighted by Crippen LogP contribution is -2.30. The standard InChI is InChI=1S/C15H16ClN3O3/c1-9(11-6-4-3-5-7-11)17-14-15(22)19(8-12(20)21)10(2)13(16)18-14/h3-7,9H,8H2,1-2H3,(H,17,18)(H,20,21). The van der Waals surface area contributed by atoms with Crippen molar-refractivity contribution in [2.24, 2.45) is 0 Å². The highest BCUT2D eigenvalue weighted by molar-refractivity contribution is 6.30. The van der Waals surface area contributed by atoms with Crippen LogP contribution in [0.2, 0.25) is 5.15 Å². The van der Waals surface area contributed by atoms with Crippen LogP contribution < -0.4 is 10.9 Å². The molecule has 0 radical (unpaired) electrons. The first kappa shape index (κ1) is 16.0. The molecule has 116 valence electrons. The van der Waals surface area contributed by atoms with Crippen LogP contribution in [0.3, 0.4) is 0 Å². The maximum atomic E-state index is 12.4. The predicted molar refractivity (Wildman–Crippen MR) is 84.4 cm³/mol. The number of carboxylic acid groups (broad SMARTS) is 1. The highest BCUT2D eigenvalue weighted by atomic mass is 35.5. The molecule has 0 amide bonds. The molecular formula is C15H16ClN3O3. The van der Waals surface area contributed by atoms with E-state index in [0.717, 1.165) is 10.1 Å². The average molecular weight is 322 g/mol.